The van der Waals surface area contributed by atoms with Crippen molar-refractivity contribution < 1.29 is 4.74 Å². The molecular weight excluding hydrogens is 292 g/mol. The molecule has 3 aromatic rings. The van der Waals surface area contributed by atoms with E-state index in [0.29, 0.717) is 34.9 Å². The summed E-state index contributed by atoms with van der Waals surface area (Å²) in [6, 6.07) is 1.75. The first-order valence-electron chi connectivity index (χ1n) is 6.12. The Morgan fingerprint density at radius 1 is 1.14 bits per heavy atom. The zero-order chi connectivity index (χ0) is 14.7. The van der Waals surface area contributed by atoms with Crippen molar-refractivity contribution in [2.75, 3.05) is 7.11 Å². The molecule has 0 N–H and O–H groups in total. The summed E-state index contributed by atoms with van der Waals surface area (Å²) < 4.78 is 6.84. The Morgan fingerprint density at radius 2 is 1.95 bits per heavy atom. The van der Waals surface area contributed by atoms with E-state index >= 15 is 0 Å². The third kappa shape index (κ3) is 2.82. The van der Waals surface area contributed by atoms with Gasteiger partial charge in [0.15, 0.2) is 16.8 Å². The van der Waals surface area contributed by atoms with Gasteiger partial charge in [-0.2, -0.15) is 4.98 Å². The SMILES string of the molecule is COc1cnc(Cn2ccnc2-c2ncccn2)c(Cl)n1. The maximum Gasteiger partial charge on any atom is 0.233 e. The van der Waals surface area contributed by atoms with Crippen LogP contribution in [-0.4, -0.2) is 36.6 Å². The molecule has 0 aromatic carbocycles. The van der Waals surface area contributed by atoms with Crippen molar-refractivity contribution >= 4 is 11.6 Å². The summed E-state index contributed by atoms with van der Waals surface area (Å²) in [4.78, 5) is 21.0. The molecule has 0 saturated carbocycles. The van der Waals surface area contributed by atoms with Gasteiger partial charge in [0.2, 0.25) is 5.88 Å². The first-order chi connectivity index (χ1) is 10.3. The Hall–Kier alpha value is -2.54. The highest BCUT2D eigenvalue weighted by Gasteiger charge is 2.12. The van der Waals surface area contributed by atoms with E-state index in [1.807, 2.05) is 10.8 Å². The maximum absolute atomic E-state index is 6.10. The Kier molecular flexibility index (Phi) is 3.74. The molecule has 0 amide bonds. The second kappa shape index (κ2) is 5.84. The van der Waals surface area contributed by atoms with Crippen molar-refractivity contribution in [3.05, 3.63) is 47.9 Å². The predicted molar refractivity (Wildman–Crippen MR) is 75.9 cm³/mol. The van der Waals surface area contributed by atoms with Gasteiger partial charge in [0.05, 0.1) is 25.5 Å². The molecule has 8 heteroatoms. The van der Waals surface area contributed by atoms with Crippen molar-refractivity contribution in [1.29, 1.82) is 0 Å². The fourth-order valence-corrected chi connectivity index (χ4v) is 1.99. The number of methoxy groups -OCH3 is 1. The van der Waals surface area contributed by atoms with E-state index in [4.69, 9.17) is 16.3 Å². The lowest BCUT2D eigenvalue weighted by molar-refractivity contribution is 0.395. The summed E-state index contributed by atoms with van der Waals surface area (Å²) in [5, 5.41) is 0.294. The van der Waals surface area contributed by atoms with Gasteiger partial charge in [0.1, 0.15) is 0 Å². The van der Waals surface area contributed by atoms with Crippen LogP contribution in [0.2, 0.25) is 5.15 Å². The number of hydrogen-bond donors (Lipinski definition) is 0. The second-order valence-electron chi connectivity index (χ2n) is 4.10. The van der Waals surface area contributed by atoms with Gasteiger partial charge in [-0.25, -0.2) is 15.0 Å². The summed E-state index contributed by atoms with van der Waals surface area (Å²) in [6.07, 6.45) is 8.35. The molecule has 0 atom stereocenters. The van der Waals surface area contributed by atoms with Crippen LogP contribution in [0, 0.1) is 0 Å². The van der Waals surface area contributed by atoms with Crippen LogP contribution in [0.3, 0.4) is 0 Å². The van der Waals surface area contributed by atoms with E-state index < -0.39 is 0 Å². The van der Waals surface area contributed by atoms with Crippen LogP contribution in [0.4, 0.5) is 0 Å². The van der Waals surface area contributed by atoms with E-state index in [2.05, 4.69) is 24.9 Å². The highest BCUT2D eigenvalue weighted by molar-refractivity contribution is 6.30. The third-order valence-electron chi connectivity index (χ3n) is 2.79. The summed E-state index contributed by atoms with van der Waals surface area (Å²) in [6.45, 7) is 0.420. The van der Waals surface area contributed by atoms with E-state index in [-0.39, 0.29) is 0 Å². The average molecular weight is 303 g/mol. The smallest absolute Gasteiger partial charge is 0.233 e. The number of imidazole rings is 1. The van der Waals surface area contributed by atoms with E-state index in [9.17, 15) is 0 Å². The summed E-state index contributed by atoms with van der Waals surface area (Å²) in [7, 11) is 1.51. The van der Waals surface area contributed by atoms with Crippen LogP contribution < -0.4 is 4.74 Å². The van der Waals surface area contributed by atoms with Crippen LogP contribution in [0.25, 0.3) is 11.6 Å². The minimum absolute atomic E-state index is 0.294. The van der Waals surface area contributed by atoms with E-state index in [0.717, 1.165) is 0 Å². The third-order valence-corrected chi connectivity index (χ3v) is 3.09. The quantitative estimate of drug-likeness (QED) is 0.731. The normalized spacial score (nSPS) is 10.6. The lowest BCUT2D eigenvalue weighted by Gasteiger charge is -2.08. The fraction of sp³-hybridized carbons (Fsp3) is 0.154. The maximum atomic E-state index is 6.10. The van der Waals surface area contributed by atoms with Crippen molar-refractivity contribution in [2.24, 2.45) is 0 Å². The van der Waals surface area contributed by atoms with Crippen LogP contribution in [0.15, 0.2) is 37.1 Å². The molecule has 3 aromatic heterocycles. The number of halogens is 1. The number of aromatic nitrogens is 6. The Bertz CT molecular complexity index is 745. The van der Waals surface area contributed by atoms with Crippen LogP contribution in [-0.2, 0) is 6.54 Å². The molecule has 106 valence electrons. The fourth-order valence-electron chi connectivity index (χ4n) is 1.80. The predicted octanol–water partition coefficient (Wildman–Crippen LogP) is 1.84. The minimum Gasteiger partial charge on any atom is -0.480 e. The summed E-state index contributed by atoms with van der Waals surface area (Å²) in [5.74, 6) is 1.56. The number of hydrogen-bond acceptors (Lipinski definition) is 6. The highest BCUT2D eigenvalue weighted by Crippen LogP contribution is 2.18. The van der Waals surface area contributed by atoms with E-state index in [1.54, 1.807) is 24.7 Å². The molecule has 0 bridgehead atoms. The Labute approximate surface area is 125 Å². The van der Waals surface area contributed by atoms with E-state index in [1.165, 1.54) is 13.3 Å². The lowest BCUT2D eigenvalue weighted by atomic mass is 10.4. The molecule has 3 rings (SSSR count). The molecule has 0 radical (unpaired) electrons. The summed E-state index contributed by atoms with van der Waals surface area (Å²) >= 11 is 6.10. The molecule has 0 saturated heterocycles. The molecule has 0 aliphatic carbocycles. The van der Waals surface area contributed by atoms with Crippen molar-refractivity contribution in [3.8, 4) is 17.5 Å². The van der Waals surface area contributed by atoms with Gasteiger partial charge in [-0.3, -0.25) is 4.98 Å². The van der Waals surface area contributed by atoms with Gasteiger partial charge in [0, 0.05) is 24.8 Å². The second-order valence-corrected chi connectivity index (χ2v) is 4.46. The average Bonchev–Trinajstić information content (AvgIpc) is 2.98. The lowest BCUT2D eigenvalue weighted by Crippen LogP contribution is -2.06. The largest absolute Gasteiger partial charge is 0.480 e. The molecule has 7 nitrogen and oxygen atoms in total. The number of nitrogens with zero attached hydrogens (tertiary/aromatic N) is 6. The number of ether oxygens (including phenoxy) is 1. The van der Waals surface area contributed by atoms with Crippen molar-refractivity contribution in [2.45, 2.75) is 6.54 Å². The monoisotopic (exact) mass is 302 g/mol. The van der Waals surface area contributed by atoms with Crippen LogP contribution in [0.5, 0.6) is 5.88 Å². The van der Waals surface area contributed by atoms with Gasteiger partial charge in [-0.1, -0.05) is 11.6 Å². The summed E-state index contributed by atoms with van der Waals surface area (Å²) in [5.41, 5.74) is 0.618. The first-order valence-corrected chi connectivity index (χ1v) is 6.49. The molecule has 0 aliphatic heterocycles. The topological polar surface area (TPSA) is 78.6 Å². The van der Waals surface area contributed by atoms with Gasteiger partial charge < -0.3 is 9.30 Å². The van der Waals surface area contributed by atoms with Crippen LogP contribution in [0.1, 0.15) is 5.69 Å². The Balaban J connectivity index is 1.92. The molecule has 3 heterocycles. The zero-order valence-electron chi connectivity index (χ0n) is 11.1. The minimum atomic E-state index is 0.294. The van der Waals surface area contributed by atoms with Crippen LogP contribution >= 0.6 is 11.6 Å². The number of rotatable bonds is 4. The van der Waals surface area contributed by atoms with Gasteiger partial charge in [0.25, 0.3) is 0 Å². The molecular formula is C13H11ClN6O. The Morgan fingerprint density at radius 3 is 2.67 bits per heavy atom. The zero-order valence-corrected chi connectivity index (χ0v) is 11.9. The van der Waals surface area contributed by atoms with Gasteiger partial charge in [-0.05, 0) is 6.07 Å². The molecule has 21 heavy (non-hydrogen) atoms. The molecule has 0 aliphatic rings. The van der Waals surface area contributed by atoms with Crippen molar-refractivity contribution in [1.82, 2.24) is 29.5 Å². The van der Waals surface area contributed by atoms with Crippen molar-refractivity contribution in [3.63, 3.8) is 0 Å². The highest BCUT2D eigenvalue weighted by atomic mass is 35.5. The van der Waals surface area contributed by atoms with Gasteiger partial charge in [-0.15, -0.1) is 0 Å². The molecule has 0 spiro atoms. The standard InChI is InChI=1S/C13H11ClN6O/c1-21-10-7-18-9(11(14)19-10)8-20-6-5-17-13(20)12-15-3-2-4-16-12/h2-7H,8H2,1H3. The van der Waals surface area contributed by atoms with Gasteiger partial charge >= 0.3 is 0 Å². The molecule has 0 fully saturated rings. The molecule has 0 unspecified atom stereocenters. The first kappa shape index (κ1) is 13.4.